The normalized spacial score (nSPS) is 18.9. The zero-order valence-corrected chi connectivity index (χ0v) is 31.3. The van der Waals surface area contributed by atoms with Gasteiger partial charge in [-0.3, -0.25) is 0 Å². The van der Waals surface area contributed by atoms with Gasteiger partial charge >= 0.3 is 24.7 Å². The molecule has 2 aromatic carbocycles. The topological polar surface area (TPSA) is 127 Å². The van der Waals surface area contributed by atoms with E-state index in [2.05, 4.69) is 30.4 Å². The second-order valence-electron chi connectivity index (χ2n) is 15.4. The number of aromatic nitrogens is 2. The van der Waals surface area contributed by atoms with Gasteiger partial charge in [-0.1, -0.05) is 65.8 Å². The molecule has 0 radical (unpaired) electrons. The van der Waals surface area contributed by atoms with E-state index in [1.807, 2.05) is 0 Å². The van der Waals surface area contributed by atoms with Crippen LogP contribution >= 0.6 is 0 Å². The van der Waals surface area contributed by atoms with Crippen molar-refractivity contribution in [3.05, 3.63) is 129 Å². The number of nitrogens with two attached hydrogens (primary N) is 2. The number of alkyl halides is 12. The minimum atomic E-state index is -5.22. The Kier molecular flexibility index (Phi) is 11.0. The molecule has 0 saturated carbocycles. The number of halogens is 12. The average Bonchev–Trinajstić information content (AvgIpc) is 3.60. The van der Waals surface area contributed by atoms with E-state index >= 15 is 0 Å². The van der Waals surface area contributed by atoms with Gasteiger partial charge in [-0.15, -0.1) is 20.5 Å². The molecule has 0 bridgehead atoms. The Hall–Kier alpha value is -5.56. The summed E-state index contributed by atoms with van der Waals surface area (Å²) < 4.78 is 166. The summed E-state index contributed by atoms with van der Waals surface area (Å²) in [6.07, 6.45) is -16.6. The van der Waals surface area contributed by atoms with Crippen LogP contribution in [0.15, 0.2) is 115 Å². The predicted octanol–water partition coefficient (Wildman–Crippen LogP) is 12.6. The fourth-order valence-corrected chi connectivity index (χ4v) is 6.35. The molecule has 0 saturated heterocycles. The van der Waals surface area contributed by atoms with Gasteiger partial charge in [0.1, 0.15) is 29.1 Å². The van der Waals surface area contributed by atoms with Crippen molar-refractivity contribution in [1.29, 1.82) is 0 Å². The Labute approximate surface area is 323 Å². The van der Waals surface area contributed by atoms with Crippen molar-refractivity contribution < 1.29 is 52.7 Å². The SMILES string of the molecule is CC(C)(C)C1=CC(c2cc(C3C=C(C(C)(C)C)C(/N=N/c4c(C(F)(F)F)cccc4C(F)(F)F)=C3N)ncn2)C(N)=C1/N=N/c1c(C(F)(F)F)cccc1C(F)(F)F. The number of allylic oxidation sites excluding steroid dienone is 4. The highest BCUT2D eigenvalue weighted by Gasteiger charge is 2.43. The van der Waals surface area contributed by atoms with Crippen molar-refractivity contribution in [2.45, 2.75) is 78.1 Å². The fraction of sp³-hybridized carbons (Fsp3) is 0.368. The van der Waals surface area contributed by atoms with Gasteiger partial charge in [0, 0.05) is 11.4 Å². The minimum Gasteiger partial charge on any atom is -0.399 e. The zero-order valence-electron chi connectivity index (χ0n) is 31.3. The molecule has 1 aromatic heterocycles. The highest BCUT2D eigenvalue weighted by molar-refractivity contribution is 5.58. The van der Waals surface area contributed by atoms with E-state index in [1.54, 1.807) is 53.7 Å². The largest absolute Gasteiger partial charge is 0.418 e. The molecular weight excluding hydrogens is 796 g/mol. The van der Waals surface area contributed by atoms with Gasteiger partial charge in [0.05, 0.1) is 45.5 Å². The molecular formula is C38H34F12N8. The van der Waals surface area contributed by atoms with Gasteiger partial charge in [0.2, 0.25) is 0 Å². The Morgan fingerprint density at radius 1 is 0.483 bits per heavy atom. The lowest BCUT2D eigenvalue weighted by atomic mass is 9.85. The van der Waals surface area contributed by atoms with Gasteiger partial charge in [-0.2, -0.15) is 52.7 Å². The summed E-state index contributed by atoms with van der Waals surface area (Å²) in [4.78, 5) is 8.57. The van der Waals surface area contributed by atoms with Crippen molar-refractivity contribution in [3.63, 3.8) is 0 Å². The lowest BCUT2D eigenvalue weighted by Crippen LogP contribution is -2.13. The first kappa shape index (κ1) is 43.6. The Balaban J connectivity index is 1.61. The molecule has 310 valence electrons. The highest BCUT2D eigenvalue weighted by atomic mass is 19.4. The Bertz CT molecular complexity index is 2070. The summed E-state index contributed by atoms with van der Waals surface area (Å²) in [5, 5.41) is 14.7. The number of hydrogen-bond acceptors (Lipinski definition) is 8. The van der Waals surface area contributed by atoms with E-state index in [1.165, 1.54) is 6.07 Å². The molecule has 4 N–H and O–H groups in total. The van der Waals surface area contributed by atoms with Gasteiger partial charge in [0.25, 0.3) is 0 Å². The van der Waals surface area contributed by atoms with Crippen LogP contribution in [-0.4, -0.2) is 9.97 Å². The van der Waals surface area contributed by atoms with Gasteiger partial charge in [-0.25, -0.2) is 9.97 Å². The number of nitrogens with zero attached hydrogens (tertiary/aromatic N) is 6. The number of rotatable bonds is 6. The summed E-state index contributed by atoms with van der Waals surface area (Å²) >= 11 is 0. The third-order valence-corrected chi connectivity index (χ3v) is 9.15. The molecule has 58 heavy (non-hydrogen) atoms. The molecule has 0 fully saturated rings. The molecule has 0 aliphatic heterocycles. The van der Waals surface area contributed by atoms with Crippen LogP contribution in [0.4, 0.5) is 64.1 Å². The van der Waals surface area contributed by atoms with Crippen LogP contribution in [0.1, 0.15) is 87.0 Å². The van der Waals surface area contributed by atoms with E-state index in [0.29, 0.717) is 47.5 Å². The number of benzene rings is 2. The molecule has 3 aromatic rings. The van der Waals surface area contributed by atoms with Crippen LogP contribution in [0.5, 0.6) is 0 Å². The fourth-order valence-electron chi connectivity index (χ4n) is 6.35. The van der Waals surface area contributed by atoms with Crippen molar-refractivity contribution in [1.82, 2.24) is 9.97 Å². The van der Waals surface area contributed by atoms with Crippen LogP contribution in [-0.2, 0) is 24.7 Å². The molecule has 2 aliphatic rings. The average molecular weight is 831 g/mol. The molecule has 5 rings (SSSR count). The van der Waals surface area contributed by atoms with E-state index in [9.17, 15) is 52.7 Å². The van der Waals surface area contributed by atoms with Crippen LogP contribution in [0.2, 0.25) is 0 Å². The van der Waals surface area contributed by atoms with Crippen LogP contribution in [0.3, 0.4) is 0 Å². The maximum atomic E-state index is 13.8. The Morgan fingerprint density at radius 2 is 0.776 bits per heavy atom. The molecule has 0 amide bonds. The predicted molar refractivity (Wildman–Crippen MR) is 187 cm³/mol. The minimum absolute atomic E-state index is 0.129. The summed E-state index contributed by atoms with van der Waals surface area (Å²) in [5.74, 6) is -1.94. The third kappa shape index (κ3) is 8.79. The van der Waals surface area contributed by atoms with Crippen LogP contribution in [0, 0.1) is 10.8 Å². The molecule has 0 spiro atoms. The second kappa shape index (κ2) is 14.7. The van der Waals surface area contributed by atoms with Crippen molar-refractivity contribution in [2.75, 3.05) is 0 Å². The first-order valence-corrected chi connectivity index (χ1v) is 17.1. The van der Waals surface area contributed by atoms with Crippen molar-refractivity contribution in [3.8, 4) is 0 Å². The quantitative estimate of drug-likeness (QED) is 0.189. The van der Waals surface area contributed by atoms with E-state index in [0.717, 1.165) is 6.33 Å². The standard InChI is InChI=1S/C38H34F12N8/c1-33(2,3)23-13-17(27(51)31(23)57-55-29-19(35(39,40)41)9-7-10-20(29)36(42,43)44)25-15-26(54-16-53-25)18-14-24(34(4,5)6)32(28(18)52)58-56-30-21(37(45,46)47)11-8-12-22(30)38(48,49)50/h7-18H,51-52H2,1-6H3/b57-55+,58-56+. The van der Waals surface area contributed by atoms with E-state index in [4.69, 9.17) is 11.5 Å². The molecule has 2 unspecified atom stereocenters. The first-order chi connectivity index (χ1) is 26.4. The molecule has 1 heterocycles. The molecule has 2 atom stereocenters. The number of azo groups is 2. The lowest BCUT2D eigenvalue weighted by molar-refractivity contribution is -0.143. The molecule has 20 heteroatoms. The monoisotopic (exact) mass is 830 g/mol. The second-order valence-corrected chi connectivity index (χ2v) is 15.4. The van der Waals surface area contributed by atoms with Gasteiger partial charge in [0.15, 0.2) is 0 Å². The summed E-state index contributed by atoms with van der Waals surface area (Å²) in [6.45, 7) is 10.2. The van der Waals surface area contributed by atoms with E-state index in [-0.39, 0.29) is 34.2 Å². The van der Waals surface area contributed by atoms with Gasteiger partial charge in [-0.05, 0) is 52.3 Å². The van der Waals surface area contributed by atoms with Crippen molar-refractivity contribution in [2.24, 2.45) is 42.8 Å². The third-order valence-electron chi connectivity index (χ3n) is 9.15. The zero-order chi connectivity index (χ0) is 43.6. The summed E-state index contributed by atoms with van der Waals surface area (Å²) in [5.41, 5.74) is 2.05. The summed E-state index contributed by atoms with van der Waals surface area (Å²) in [6, 6.07) is 4.41. The molecule has 2 aliphatic carbocycles. The lowest BCUT2D eigenvalue weighted by Gasteiger charge is -2.21. The smallest absolute Gasteiger partial charge is 0.399 e. The van der Waals surface area contributed by atoms with Crippen LogP contribution < -0.4 is 11.5 Å². The Morgan fingerprint density at radius 3 is 1.03 bits per heavy atom. The highest BCUT2D eigenvalue weighted by Crippen LogP contribution is 2.50. The van der Waals surface area contributed by atoms with Gasteiger partial charge < -0.3 is 11.5 Å². The first-order valence-electron chi connectivity index (χ1n) is 17.1. The van der Waals surface area contributed by atoms with Crippen molar-refractivity contribution >= 4 is 11.4 Å². The maximum Gasteiger partial charge on any atom is 0.418 e. The molecule has 8 nitrogen and oxygen atoms in total. The van der Waals surface area contributed by atoms with E-state index < -0.39 is 81.0 Å². The maximum absolute atomic E-state index is 13.8. The number of hydrogen-bond donors (Lipinski definition) is 2. The summed E-state index contributed by atoms with van der Waals surface area (Å²) in [7, 11) is 0. The van der Waals surface area contributed by atoms with Crippen LogP contribution in [0.25, 0.3) is 0 Å².